The number of ether oxygens (including phenoxy) is 1. The van der Waals surface area contributed by atoms with E-state index in [1.54, 1.807) is 24.3 Å². The lowest BCUT2D eigenvalue weighted by Gasteiger charge is -2.43. The molecule has 246 valence electrons. The third-order valence-electron chi connectivity index (χ3n) is 6.27. The first-order valence-electron chi connectivity index (χ1n) is 13.2. The molecular weight excluding hydrogens is 650 g/mol. The molecule has 2 aromatic heterocycles. The Balaban J connectivity index is 1.48. The number of nitrogens with one attached hydrogen (secondary N) is 1. The largest absolute Gasteiger partial charge is 0.489 e. The number of carbonyl (C=O) groups is 3. The smallest absolute Gasteiger partial charge is 0.362 e. The molecule has 1 fully saturated rings. The number of aliphatic imine (C=N–C) groups is 1. The zero-order chi connectivity index (χ0) is 33.4. The normalized spacial score (nSPS) is 17.7. The van der Waals surface area contributed by atoms with Gasteiger partial charge in [0.05, 0.1) is 12.6 Å². The first-order chi connectivity index (χ1) is 21.9. The van der Waals surface area contributed by atoms with Crippen molar-refractivity contribution in [2.24, 2.45) is 21.6 Å². The Morgan fingerprint density at radius 1 is 1.24 bits per heavy atom. The molecule has 22 heteroatoms. The fourth-order valence-corrected chi connectivity index (χ4v) is 5.43. The maximum atomic E-state index is 13.3. The molecule has 46 heavy (non-hydrogen) atoms. The second-order valence-corrected chi connectivity index (χ2v) is 11.6. The van der Waals surface area contributed by atoms with Gasteiger partial charge in [0.1, 0.15) is 42.6 Å². The highest BCUT2D eigenvalue weighted by atomic mass is 32.2. The Morgan fingerprint density at radius 2 is 1.98 bits per heavy atom. The molecule has 1 saturated heterocycles. The van der Waals surface area contributed by atoms with Gasteiger partial charge in [-0.15, -0.1) is 11.3 Å². The van der Waals surface area contributed by atoms with Crippen LogP contribution in [0.15, 0.2) is 52.4 Å². The van der Waals surface area contributed by atoms with Gasteiger partial charge in [-0.1, -0.05) is 5.16 Å². The lowest BCUT2D eigenvalue weighted by Crippen LogP contribution is -2.73. The van der Waals surface area contributed by atoms with Gasteiger partial charge in [0.25, 0.3) is 17.9 Å². The van der Waals surface area contributed by atoms with Gasteiger partial charge in [0.2, 0.25) is 0 Å². The SMILES string of the molecule is NCCCN=C(N)c1ccc(OCC(ON=C(C(=O)NC2C(=O)N(S(=O)(=O)O)C2Cn2cncn2)c2csc(N)n2)C(=O)O)cc1. The minimum atomic E-state index is -4.98. The van der Waals surface area contributed by atoms with Gasteiger partial charge in [-0.2, -0.15) is 13.5 Å². The van der Waals surface area contributed by atoms with Gasteiger partial charge >= 0.3 is 16.3 Å². The summed E-state index contributed by atoms with van der Waals surface area (Å²) >= 11 is 0.933. The van der Waals surface area contributed by atoms with E-state index in [4.69, 9.17) is 26.8 Å². The number of nitrogen functional groups attached to an aromatic ring is 1. The van der Waals surface area contributed by atoms with Crippen LogP contribution in [0.5, 0.6) is 5.75 Å². The van der Waals surface area contributed by atoms with Gasteiger partial charge in [-0.05, 0) is 37.2 Å². The molecule has 1 aliphatic rings. The van der Waals surface area contributed by atoms with Crippen molar-refractivity contribution in [1.29, 1.82) is 0 Å². The average Bonchev–Trinajstić information content (AvgIpc) is 3.68. The fourth-order valence-electron chi connectivity index (χ4n) is 4.01. The number of carbonyl (C=O) groups excluding carboxylic acids is 2. The molecule has 3 aromatic rings. The standard InChI is InChI=1S/C24H29N11O9S2/c25-6-1-7-29-20(26)13-2-4-14(5-3-13)43-9-17(23(38)39)44-33-18(15-10-45-24(27)31-15)21(36)32-19-16(8-34-12-28-11-30-34)35(22(19)37)46(40,41)42/h2-5,10-12,16-17,19H,1,6-9,25H2,(H2,26,29)(H2,27,31)(H,32,36)(H,38,39)(H,40,41,42). The minimum Gasteiger partial charge on any atom is -0.489 e. The van der Waals surface area contributed by atoms with Crippen molar-refractivity contribution >= 4 is 56.1 Å². The highest BCUT2D eigenvalue weighted by molar-refractivity contribution is 7.84. The van der Waals surface area contributed by atoms with Gasteiger partial charge in [-0.25, -0.2) is 19.1 Å². The first kappa shape index (κ1) is 33.7. The Kier molecular flexibility index (Phi) is 10.8. The number of hydrogen-bond donors (Lipinski definition) is 6. The maximum absolute atomic E-state index is 13.3. The number of carboxylic acid groups (broad SMARTS) is 1. The number of nitrogens with two attached hydrogens (primary N) is 3. The molecule has 0 spiro atoms. The van der Waals surface area contributed by atoms with Crippen LogP contribution in [0.3, 0.4) is 0 Å². The number of rotatable bonds is 16. The van der Waals surface area contributed by atoms with Crippen LogP contribution in [0, 0.1) is 0 Å². The number of anilines is 1. The van der Waals surface area contributed by atoms with E-state index in [9.17, 15) is 32.5 Å². The van der Waals surface area contributed by atoms with Crippen molar-refractivity contribution in [2.45, 2.75) is 31.2 Å². The Hall–Kier alpha value is -5.19. The second-order valence-electron chi connectivity index (χ2n) is 9.44. The number of hydrogen-bond acceptors (Lipinski definition) is 15. The topological polar surface area (TPSA) is 306 Å². The molecule has 3 unspecified atom stereocenters. The molecule has 3 atom stereocenters. The van der Waals surface area contributed by atoms with Crippen LogP contribution in [0.1, 0.15) is 17.7 Å². The van der Waals surface area contributed by atoms with Gasteiger partial charge < -0.3 is 37.2 Å². The number of nitrogens with zero attached hydrogens (tertiary/aromatic N) is 7. The van der Waals surface area contributed by atoms with Crippen molar-refractivity contribution in [3.63, 3.8) is 0 Å². The summed E-state index contributed by atoms with van der Waals surface area (Å²) in [7, 11) is -4.98. The van der Waals surface area contributed by atoms with Crippen molar-refractivity contribution < 1.29 is 42.0 Å². The molecule has 9 N–H and O–H groups in total. The lowest BCUT2D eigenvalue weighted by atomic mass is 9.98. The van der Waals surface area contributed by atoms with Crippen molar-refractivity contribution in [3.05, 3.63) is 53.6 Å². The van der Waals surface area contributed by atoms with Crippen molar-refractivity contribution in [3.8, 4) is 5.75 Å². The minimum absolute atomic E-state index is 0.0310. The van der Waals surface area contributed by atoms with Gasteiger partial charge in [0.15, 0.2) is 10.8 Å². The molecule has 0 aliphatic carbocycles. The number of amides is 2. The second kappa shape index (κ2) is 14.7. The summed E-state index contributed by atoms with van der Waals surface area (Å²) in [5, 5.41) is 20.9. The molecule has 0 radical (unpaired) electrons. The van der Waals surface area contributed by atoms with E-state index in [1.807, 2.05) is 0 Å². The lowest BCUT2D eigenvalue weighted by molar-refractivity contribution is -0.152. The van der Waals surface area contributed by atoms with E-state index >= 15 is 0 Å². The number of thiazole rings is 1. The average molecular weight is 680 g/mol. The van der Waals surface area contributed by atoms with Crippen LogP contribution in [-0.4, -0.2) is 109 Å². The highest BCUT2D eigenvalue weighted by Gasteiger charge is 2.54. The molecule has 4 rings (SSSR count). The van der Waals surface area contributed by atoms with Crippen molar-refractivity contribution in [2.75, 3.05) is 25.4 Å². The predicted octanol–water partition coefficient (Wildman–Crippen LogP) is -2.18. The maximum Gasteiger partial charge on any atom is 0.362 e. The third-order valence-corrected chi connectivity index (χ3v) is 7.89. The van der Waals surface area contributed by atoms with E-state index in [0.29, 0.717) is 30.9 Å². The summed E-state index contributed by atoms with van der Waals surface area (Å²) < 4.78 is 40.0. The number of aliphatic carboxylic acids is 1. The summed E-state index contributed by atoms with van der Waals surface area (Å²) in [5.41, 5.74) is 17.0. The number of benzene rings is 1. The number of amidine groups is 1. The Labute approximate surface area is 264 Å². The molecular formula is C24H29N11O9S2. The van der Waals surface area contributed by atoms with E-state index < -0.39 is 58.6 Å². The summed E-state index contributed by atoms with van der Waals surface area (Å²) in [6.45, 7) is 0.133. The van der Waals surface area contributed by atoms with Crippen LogP contribution in [0.4, 0.5) is 5.13 Å². The quantitative estimate of drug-likeness (QED) is 0.0234. The fraction of sp³-hybridized carbons (Fsp3) is 0.333. The molecule has 3 heterocycles. The first-order valence-corrected chi connectivity index (χ1v) is 15.5. The number of aromatic nitrogens is 4. The number of β-lactam (4-membered cyclic amide) rings is 1. The van der Waals surface area contributed by atoms with Crippen LogP contribution in [-0.2, 0) is 36.1 Å². The van der Waals surface area contributed by atoms with Crippen LogP contribution in [0.25, 0.3) is 0 Å². The summed E-state index contributed by atoms with van der Waals surface area (Å²) in [6, 6.07) is 3.57. The van der Waals surface area contributed by atoms with Crippen LogP contribution >= 0.6 is 11.3 Å². The van der Waals surface area contributed by atoms with Crippen molar-refractivity contribution in [1.82, 2.24) is 29.4 Å². The number of carboxylic acids is 1. The molecule has 2 amide bonds. The highest BCUT2D eigenvalue weighted by Crippen LogP contribution is 2.25. The van der Waals surface area contributed by atoms with Crippen LogP contribution in [0.2, 0.25) is 0 Å². The zero-order valence-electron chi connectivity index (χ0n) is 23.7. The monoisotopic (exact) mass is 679 g/mol. The predicted molar refractivity (Wildman–Crippen MR) is 161 cm³/mol. The summed E-state index contributed by atoms with van der Waals surface area (Å²) in [6.07, 6.45) is 1.35. The van der Waals surface area contributed by atoms with Crippen LogP contribution < -0.4 is 27.3 Å². The van der Waals surface area contributed by atoms with E-state index in [-0.39, 0.29) is 27.4 Å². The third kappa shape index (κ3) is 8.29. The zero-order valence-corrected chi connectivity index (χ0v) is 25.4. The van der Waals surface area contributed by atoms with Gasteiger partial charge in [0, 0.05) is 17.5 Å². The molecule has 0 saturated carbocycles. The Morgan fingerprint density at radius 3 is 2.57 bits per heavy atom. The van der Waals surface area contributed by atoms with Gasteiger partial charge in [-0.3, -0.25) is 23.8 Å². The summed E-state index contributed by atoms with van der Waals surface area (Å²) in [4.78, 5) is 55.0. The van der Waals surface area contributed by atoms with E-state index in [2.05, 4.69) is 30.5 Å². The summed E-state index contributed by atoms with van der Waals surface area (Å²) in [5.74, 6) is -3.15. The van der Waals surface area contributed by atoms with E-state index in [0.717, 1.165) is 17.7 Å². The Bertz CT molecular complexity index is 1710. The molecule has 1 aromatic carbocycles. The molecule has 20 nitrogen and oxygen atoms in total. The van der Waals surface area contributed by atoms with E-state index in [1.165, 1.54) is 16.4 Å². The molecule has 1 aliphatic heterocycles. The molecule has 0 bridgehead atoms. The number of oxime groups is 1.